The van der Waals surface area contributed by atoms with Crippen molar-refractivity contribution in [3.63, 3.8) is 0 Å². The van der Waals surface area contributed by atoms with Crippen LogP contribution >= 0.6 is 0 Å². The van der Waals surface area contributed by atoms with Gasteiger partial charge in [-0.1, -0.05) is 0 Å². The number of aliphatic carboxylic acids is 1. The minimum absolute atomic E-state index is 0.299. The number of ketones is 1. The van der Waals surface area contributed by atoms with Crippen molar-refractivity contribution in [3.8, 4) is 11.6 Å². The molecular weight excluding hydrogens is 290 g/mol. The number of carboxylic acids is 1. The van der Waals surface area contributed by atoms with Crippen LogP contribution < -0.4 is 4.74 Å². The quantitative estimate of drug-likeness (QED) is 0.813. The molecule has 0 radical (unpaired) electrons. The van der Waals surface area contributed by atoms with Gasteiger partial charge in [-0.05, 0) is 6.92 Å². The number of hydrogen-bond acceptors (Lipinski definition) is 7. The van der Waals surface area contributed by atoms with E-state index in [0.717, 1.165) is 0 Å². The van der Waals surface area contributed by atoms with Gasteiger partial charge in [0.05, 0.1) is 19.2 Å². The van der Waals surface area contributed by atoms with E-state index in [4.69, 9.17) is 9.84 Å². The Morgan fingerprint density at radius 1 is 1.36 bits per heavy atom. The lowest BCUT2D eigenvalue weighted by Gasteiger charge is -2.12. The number of fused-ring (bicyclic) bond motifs is 1. The van der Waals surface area contributed by atoms with Gasteiger partial charge in [-0.15, -0.1) is 0 Å². The summed E-state index contributed by atoms with van der Waals surface area (Å²) in [5.74, 6) is -2.31. The summed E-state index contributed by atoms with van der Waals surface area (Å²) in [6, 6.07) is 0. The van der Waals surface area contributed by atoms with E-state index in [1.807, 2.05) is 0 Å². The van der Waals surface area contributed by atoms with Crippen molar-refractivity contribution in [1.29, 1.82) is 0 Å². The Hall–Kier alpha value is -3.10. The molecule has 0 aromatic carbocycles. The highest BCUT2D eigenvalue weighted by atomic mass is 16.5. The summed E-state index contributed by atoms with van der Waals surface area (Å²) >= 11 is 0. The molecule has 0 spiro atoms. The third-order valence-electron chi connectivity index (χ3n) is 3.24. The molecule has 1 aliphatic rings. The molecule has 0 saturated carbocycles. The molecule has 0 amide bonds. The number of carbonyl (C=O) groups is 2. The van der Waals surface area contributed by atoms with Crippen molar-refractivity contribution in [3.05, 3.63) is 23.9 Å². The molecule has 2 aromatic heterocycles. The number of methoxy groups -OCH3 is 1. The fourth-order valence-electron chi connectivity index (χ4n) is 2.25. The van der Waals surface area contributed by atoms with E-state index in [-0.39, 0.29) is 0 Å². The van der Waals surface area contributed by atoms with Gasteiger partial charge in [0, 0.05) is 11.8 Å². The Labute approximate surface area is 124 Å². The molecular formula is C13H11N5O4. The Bertz CT molecular complexity index is 811. The van der Waals surface area contributed by atoms with E-state index < -0.39 is 17.7 Å². The van der Waals surface area contributed by atoms with Crippen molar-refractivity contribution in [2.75, 3.05) is 7.11 Å². The molecule has 1 atom stereocenters. The Kier molecular flexibility index (Phi) is 3.17. The average Bonchev–Trinajstić information content (AvgIpc) is 3.12. The molecule has 3 heterocycles. The zero-order valence-corrected chi connectivity index (χ0v) is 11.7. The highest BCUT2D eigenvalue weighted by Gasteiger charge is 2.35. The summed E-state index contributed by atoms with van der Waals surface area (Å²) in [5, 5.41) is 13.1. The topological polar surface area (TPSA) is 120 Å². The smallest absolute Gasteiger partial charge is 0.373 e. The first-order valence-electron chi connectivity index (χ1n) is 6.29. The second kappa shape index (κ2) is 5.02. The lowest BCUT2D eigenvalue weighted by atomic mass is 9.96. The predicted molar refractivity (Wildman–Crippen MR) is 74.0 cm³/mol. The third kappa shape index (κ3) is 2.03. The molecule has 0 aliphatic carbocycles. The van der Waals surface area contributed by atoms with Crippen LogP contribution in [0.15, 0.2) is 17.5 Å². The number of carbonyl (C=O) groups excluding carboxylic acids is 1. The monoisotopic (exact) mass is 301 g/mol. The summed E-state index contributed by atoms with van der Waals surface area (Å²) in [5.41, 5.74) is 0.719. The largest absolute Gasteiger partial charge is 0.495 e. The molecule has 0 saturated heterocycles. The number of nitrogens with zero attached hydrogens (tertiary/aromatic N) is 5. The minimum Gasteiger partial charge on any atom is -0.495 e. The lowest BCUT2D eigenvalue weighted by molar-refractivity contribution is -0.149. The van der Waals surface area contributed by atoms with Crippen LogP contribution in [0.3, 0.4) is 0 Å². The molecule has 0 bridgehead atoms. The summed E-state index contributed by atoms with van der Waals surface area (Å²) in [7, 11) is 1.41. The van der Waals surface area contributed by atoms with Gasteiger partial charge in [-0.25, -0.2) is 19.4 Å². The Balaban J connectivity index is 2.18. The first kappa shape index (κ1) is 13.9. The van der Waals surface area contributed by atoms with Gasteiger partial charge in [0.15, 0.2) is 5.82 Å². The first-order valence-corrected chi connectivity index (χ1v) is 6.29. The van der Waals surface area contributed by atoms with Crippen LogP contribution in [0.25, 0.3) is 5.82 Å². The molecule has 1 unspecified atom stereocenters. The van der Waals surface area contributed by atoms with Crippen molar-refractivity contribution in [2.45, 2.75) is 12.8 Å². The van der Waals surface area contributed by atoms with Gasteiger partial charge in [0.2, 0.25) is 0 Å². The van der Waals surface area contributed by atoms with E-state index in [1.54, 1.807) is 6.92 Å². The van der Waals surface area contributed by atoms with E-state index in [1.165, 1.54) is 30.5 Å². The van der Waals surface area contributed by atoms with Crippen molar-refractivity contribution in [1.82, 2.24) is 19.7 Å². The Morgan fingerprint density at radius 2 is 2.14 bits per heavy atom. The van der Waals surface area contributed by atoms with E-state index >= 15 is 0 Å². The van der Waals surface area contributed by atoms with Gasteiger partial charge in [0.1, 0.15) is 23.6 Å². The fraction of sp³-hybridized carbons (Fsp3) is 0.231. The van der Waals surface area contributed by atoms with Crippen LogP contribution in [0.1, 0.15) is 17.3 Å². The molecule has 9 nitrogen and oxygen atoms in total. The standard InChI is InChI=1S/C13H11N5O4/c1-6-16-5-18(17-6)12-10-9(8(22-2)4-15-12)7(3-14-10)11(19)13(20)21/h3-5,7H,1-2H3,(H,20,21). The highest BCUT2D eigenvalue weighted by Crippen LogP contribution is 2.42. The van der Waals surface area contributed by atoms with E-state index in [0.29, 0.717) is 28.6 Å². The normalized spacial score (nSPS) is 15.6. The number of aromatic nitrogens is 4. The maximum absolute atomic E-state index is 11.8. The summed E-state index contributed by atoms with van der Waals surface area (Å²) in [6.45, 7) is 1.72. The number of ether oxygens (including phenoxy) is 1. The fourth-order valence-corrected chi connectivity index (χ4v) is 2.25. The zero-order valence-electron chi connectivity index (χ0n) is 11.7. The van der Waals surface area contributed by atoms with Gasteiger partial charge in [0.25, 0.3) is 5.78 Å². The molecule has 0 fully saturated rings. The van der Waals surface area contributed by atoms with Crippen LogP contribution in [-0.4, -0.2) is 49.9 Å². The number of carboxylic acid groups (broad SMARTS) is 1. The molecule has 1 N–H and O–H groups in total. The number of pyridine rings is 1. The summed E-state index contributed by atoms with van der Waals surface area (Å²) in [6.07, 6.45) is 4.15. The van der Waals surface area contributed by atoms with Crippen LogP contribution in [0.5, 0.6) is 5.75 Å². The van der Waals surface area contributed by atoms with Gasteiger partial charge in [-0.2, -0.15) is 5.10 Å². The zero-order chi connectivity index (χ0) is 15.9. The molecule has 112 valence electrons. The molecule has 9 heteroatoms. The van der Waals surface area contributed by atoms with Crippen LogP contribution in [-0.2, 0) is 9.59 Å². The Morgan fingerprint density at radius 3 is 2.73 bits per heavy atom. The van der Waals surface area contributed by atoms with E-state index in [2.05, 4.69) is 20.1 Å². The summed E-state index contributed by atoms with van der Waals surface area (Å²) in [4.78, 5) is 35.1. The SMILES string of the molecule is COc1cnc(-n2cnc(C)n2)c2c1C(C(=O)C(=O)O)C=N2. The van der Waals surface area contributed by atoms with Crippen molar-refractivity contribution in [2.24, 2.45) is 4.99 Å². The van der Waals surface area contributed by atoms with E-state index in [9.17, 15) is 9.59 Å². The maximum atomic E-state index is 11.8. The van der Waals surface area contributed by atoms with Gasteiger partial charge < -0.3 is 9.84 Å². The lowest BCUT2D eigenvalue weighted by Crippen LogP contribution is -2.21. The predicted octanol–water partition coefficient (Wildman–Crippen LogP) is 0.433. The van der Waals surface area contributed by atoms with Crippen LogP contribution in [0.4, 0.5) is 5.69 Å². The average molecular weight is 301 g/mol. The number of rotatable bonds is 4. The number of hydrogen-bond donors (Lipinski definition) is 1. The number of Topliss-reactive ketones (excluding diaryl/α,β-unsaturated/α-hetero) is 1. The minimum atomic E-state index is -1.53. The second-order valence-electron chi connectivity index (χ2n) is 4.57. The maximum Gasteiger partial charge on any atom is 0.373 e. The second-order valence-corrected chi connectivity index (χ2v) is 4.57. The van der Waals surface area contributed by atoms with Crippen LogP contribution in [0, 0.1) is 6.92 Å². The molecule has 2 aromatic rings. The number of aryl methyl sites for hydroxylation is 1. The van der Waals surface area contributed by atoms with Gasteiger partial charge in [-0.3, -0.25) is 9.79 Å². The number of aliphatic imine (C=N–C) groups is 1. The van der Waals surface area contributed by atoms with Crippen molar-refractivity contribution < 1.29 is 19.4 Å². The molecule has 22 heavy (non-hydrogen) atoms. The molecule has 3 rings (SSSR count). The molecule has 1 aliphatic heterocycles. The van der Waals surface area contributed by atoms with Crippen molar-refractivity contribution >= 4 is 23.7 Å². The van der Waals surface area contributed by atoms with Gasteiger partial charge >= 0.3 is 5.97 Å². The van der Waals surface area contributed by atoms with Crippen LogP contribution in [0.2, 0.25) is 0 Å². The third-order valence-corrected chi connectivity index (χ3v) is 3.24. The summed E-state index contributed by atoms with van der Waals surface area (Å²) < 4.78 is 6.60. The first-order chi connectivity index (χ1) is 10.5. The highest BCUT2D eigenvalue weighted by molar-refractivity contribution is 6.39.